The van der Waals surface area contributed by atoms with E-state index in [1.807, 2.05) is 29.8 Å². The summed E-state index contributed by atoms with van der Waals surface area (Å²) in [6.07, 6.45) is 3.55. The van der Waals surface area contributed by atoms with Crippen LogP contribution in [0.15, 0.2) is 36.0 Å². The van der Waals surface area contributed by atoms with E-state index in [1.54, 1.807) is 36.1 Å². The van der Waals surface area contributed by atoms with Crippen molar-refractivity contribution in [1.29, 1.82) is 0 Å². The number of carbonyl (C=O) groups excluding carboxylic acids is 2. The van der Waals surface area contributed by atoms with Crippen LogP contribution in [0.5, 0.6) is 0 Å². The molecule has 118 valence electrons. The van der Waals surface area contributed by atoms with Crippen LogP contribution in [0.2, 0.25) is 0 Å². The fourth-order valence-corrected chi connectivity index (χ4v) is 2.90. The van der Waals surface area contributed by atoms with Gasteiger partial charge in [0, 0.05) is 30.7 Å². The molecule has 22 heavy (non-hydrogen) atoms. The molecule has 1 atom stereocenters. The summed E-state index contributed by atoms with van der Waals surface area (Å²) < 4.78 is 6.84. The van der Waals surface area contributed by atoms with Crippen LogP contribution in [0.3, 0.4) is 0 Å². The van der Waals surface area contributed by atoms with Gasteiger partial charge in [0.1, 0.15) is 6.04 Å². The van der Waals surface area contributed by atoms with Crippen molar-refractivity contribution in [3.05, 3.63) is 40.8 Å². The molecular weight excluding hydrogens is 302 g/mol. The van der Waals surface area contributed by atoms with Crippen molar-refractivity contribution in [1.82, 2.24) is 15.1 Å². The molecular formula is C15H19N3O3S. The number of hydrogen-bond donors (Lipinski definition) is 1. The Hall–Kier alpha value is -2.15. The van der Waals surface area contributed by atoms with Gasteiger partial charge >= 0.3 is 5.97 Å². The molecule has 1 N–H and O–H groups in total. The zero-order valence-corrected chi connectivity index (χ0v) is 13.6. The van der Waals surface area contributed by atoms with Crippen LogP contribution >= 0.6 is 11.3 Å². The second kappa shape index (κ2) is 6.74. The van der Waals surface area contributed by atoms with Crippen LogP contribution < -0.4 is 5.32 Å². The first-order valence-corrected chi connectivity index (χ1v) is 7.78. The average Bonchev–Trinajstić information content (AvgIpc) is 3.10. The first-order chi connectivity index (χ1) is 10.4. The van der Waals surface area contributed by atoms with E-state index in [9.17, 15) is 9.59 Å². The highest BCUT2D eigenvalue weighted by molar-refractivity contribution is 7.10. The molecule has 7 heteroatoms. The maximum absolute atomic E-state index is 12.2. The van der Waals surface area contributed by atoms with Gasteiger partial charge in [-0.3, -0.25) is 14.3 Å². The summed E-state index contributed by atoms with van der Waals surface area (Å²) >= 11 is 1.60. The van der Waals surface area contributed by atoms with E-state index in [0.717, 1.165) is 4.88 Å². The number of amides is 1. The summed E-state index contributed by atoms with van der Waals surface area (Å²) in [5.41, 5.74) is -1.20. The van der Waals surface area contributed by atoms with Gasteiger partial charge in [0.15, 0.2) is 5.60 Å². The van der Waals surface area contributed by atoms with Gasteiger partial charge in [-0.2, -0.15) is 5.10 Å². The lowest BCUT2D eigenvalue weighted by Crippen LogP contribution is -2.46. The van der Waals surface area contributed by atoms with Gasteiger partial charge in [-0.1, -0.05) is 6.07 Å². The minimum absolute atomic E-state index is 0.0907. The lowest BCUT2D eigenvalue weighted by atomic mass is 10.1. The largest absolute Gasteiger partial charge is 0.450 e. The highest BCUT2D eigenvalue weighted by Gasteiger charge is 2.31. The maximum atomic E-state index is 12.2. The number of carbonyl (C=O) groups is 2. The number of aromatic nitrogens is 2. The Balaban J connectivity index is 2.06. The van der Waals surface area contributed by atoms with Crippen molar-refractivity contribution < 1.29 is 14.3 Å². The second-order valence-electron chi connectivity index (χ2n) is 5.33. The van der Waals surface area contributed by atoms with Gasteiger partial charge in [-0.15, -0.1) is 11.3 Å². The smallest absolute Gasteiger partial charge is 0.303 e. The predicted octanol–water partition coefficient (Wildman–Crippen LogP) is 1.99. The van der Waals surface area contributed by atoms with Crippen molar-refractivity contribution in [2.45, 2.75) is 32.4 Å². The molecule has 0 spiro atoms. The number of thiophene rings is 1. The van der Waals surface area contributed by atoms with E-state index < -0.39 is 11.6 Å². The topological polar surface area (TPSA) is 73.2 Å². The number of ether oxygens (including phenoxy) is 1. The number of hydrogen-bond acceptors (Lipinski definition) is 5. The lowest BCUT2D eigenvalue weighted by molar-refractivity contribution is -0.162. The van der Waals surface area contributed by atoms with Gasteiger partial charge in [-0.05, 0) is 31.4 Å². The molecule has 0 aromatic carbocycles. The third-order valence-corrected chi connectivity index (χ3v) is 4.09. The molecule has 0 aliphatic carbocycles. The SMILES string of the molecule is CC(=O)OC(C)(C)C(=O)NCC(c1cccs1)n1cccn1. The molecule has 1 unspecified atom stereocenters. The molecule has 0 bridgehead atoms. The molecule has 2 heterocycles. The summed E-state index contributed by atoms with van der Waals surface area (Å²) in [7, 11) is 0. The Morgan fingerprint density at radius 3 is 2.77 bits per heavy atom. The van der Waals surface area contributed by atoms with Gasteiger partial charge in [0.05, 0.1) is 0 Å². The normalized spacial score (nSPS) is 12.7. The van der Waals surface area contributed by atoms with Crippen molar-refractivity contribution in [2.75, 3.05) is 6.54 Å². The van der Waals surface area contributed by atoms with Crippen LogP contribution in [0.25, 0.3) is 0 Å². The van der Waals surface area contributed by atoms with Crippen LogP contribution in [0, 0.1) is 0 Å². The Labute approximate surface area is 133 Å². The molecule has 0 fully saturated rings. The van der Waals surface area contributed by atoms with Crippen LogP contribution in [0.1, 0.15) is 31.7 Å². The quantitative estimate of drug-likeness (QED) is 0.826. The molecule has 2 aromatic rings. The van der Waals surface area contributed by atoms with Crippen LogP contribution in [-0.4, -0.2) is 33.8 Å². The molecule has 0 aliphatic heterocycles. The highest BCUT2D eigenvalue weighted by Crippen LogP contribution is 2.22. The lowest BCUT2D eigenvalue weighted by Gasteiger charge is -2.25. The van der Waals surface area contributed by atoms with Crippen LogP contribution in [-0.2, 0) is 14.3 Å². The molecule has 1 amide bonds. The molecule has 6 nitrogen and oxygen atoms in total. The Morgan fingerprint density at radius 2 is 2.23 bits per heavy atom. The first-order valence-electron chi connectivity index (χ1n) is 6.90. The number of esters is 1. The summed E-state index contributed by atoms with van der Waals surface area (Å²) in [4.78, 5) is 24.4. The molecule has 0 radical (unpaired) electrons. The minimum atomic E-state index is -1.20. The average molecular weight is 321 g/mol. The number of nitrogens with one attached hydrogen (secondary N) is 1. The van der Waals surface area contributed by atoms with Gasteiger partial charge in [0.2, 0.25) is 0 Å². The third kappa shape index (κ3) is 3.94. The Kier molecular flexibility index (Phi) is 4.97. The zero-order chi connectivity index (χ0) is 16.2. The zero-order valence-electron chi connectivity index (χ0n) is 12.8. The predicted molar refractivity (Wildman–Crippen MR) is 83.5 cm³/mol. The first kappa shape index (κ1) is 16.2. The summed E-state index contributed by atoms with van der Waals surface area (Å²) in [6, 6.07) is 5.71. The van der Waals surface area contributed by atoms with E-state index >= 15 is 0 Å². The van der Waals surface area contributed by atoms with Gasteiger partial charge < -0.3 is 10.1 Å². The molecule has 0 aliphatic rings. The third-order valence-electron chi connectivity index (χ3n) is 3.12. The van der Waals surface area contributed by atoms with Crippen molar-refractivity contribution in [2.24, 2.45) is 0 Å². The van der Waals surface area contributed by atoms with E-state index in [-0.39, 0.29) is 11.9 Å². The van der Waals surface area contributed by atoms with E-state index in [0.29, 0.717) is 6.54 Å². The van der Waals surface area contributed by atoms with E-state index in [4.69, 9.17) is 4.74 Å². The van der Waals surface area contributed by atoms with Crippen molar-refractivity contribution in [3.8, 4) is 0 Å². The van der Waals surface area contributed by atoms with Gasteiger partial charge in [-0.25, -0.2) is 0 Å². The Bertz CT molecular complexity index is 586. The summed E-state index contributed by atoms with van der Waals surface area (Å²) in [6.45, 7) is 4.79. The van der Waals surface area contributed by atoms with Crippen molar-refractivity contribution >= 4 is 23.2 Å². The summed E-state index contributed by atoms with van der Waals surface area (Å²) in [5, 5.41) is 9.06. The standard InChI is InChI=1S/C15H19N3O3S/c1-11(19)21-15(2,3)14(20)16-10-12(13-6-4-9-22-13)18-8-5-7-17-18/h4-9,12H,10H2,1-3H3,(H,16,20). The second-order valence-corrected chi connectivity index (χ2v) is 6.31. The Morgan fingerprint density at radius 1 is 1.45 bits per heavy atom. The van der Waals surface area contributed by atoms with Gasteiger partial charge in [0.25, 0.3) is 5.91 Å². The number of rotatable bonds is 6. The van der Waals surface area contributed by atoms with Crippen LogP contribution in [0.4, 0.5) is 0 Å². The molecule has 0 saturated heterocycles. The molecule has 2 rings (SSSR count). The van der Waals surface area contributed by atoms with Crippen molar-refractivity contribution in [3.63, 3.8) is 0 Å². The minimum Gasteiger partial charge on any atom is -0.450 e. The fourth-order valence-electron chi connectivity index (χ4n) is 2.08. The van der Waals surface area contributed by atoms with E-state index in [2.05, 4.69) is 10.4 Å². The monoisotopic (exact) mass is 321 g/mol. The van der Waals surface area contributed by atoms with E-state index in [1.165, 1.54) is 6.92 Å². The maximum Gasteiger partial charge on any atom is 0.303 e. The highest BCUT2D eigenvalue weighted by atomic mass is 32.1. The molecule has 2 aromatic heterocycles. The fraction of sp³-hybridized carbons (Fsp3) is 0.400. The molecule has 0 saturated carbocycles. The number of nitrogens with zero attached hydrogens (tertiary/aromatic N) is 2. The summed E-state index contributed by atoms with van der Waals surface area (Å²) in [5.74, 6) is -0.821.